The third-order valence-electron chi connectivity index (χ3n) is 3.76. The molecule has 2 nitrogen and oxygen atoms in total. The Hall–Kier alpha value is -0.280. The molecule has 0 aliphatic rings. The summed E-state index contributed by atoms with van der Waals surface area (Å²) in [4.78, 5) is 0. The molecule has 1 aromatic carbocycles. The summed E-state index contributed by atoms with van der Waals surface area (Å²) < 4.78 is 5.64. The highest BCUT2D eigenvalue weighted by molar-refractivity contribution is 6.36. The van der Waals surface area contributed by atoms with Gasteiger partial charge in [-0.3, -0.25) is 0 Å². The van der Waals surface area contributed by atoms with Gasteiger partial charge in [0.2, 0.25) is 0 Å². The van der Waals surface area contributed by atoms with Gasteiger partial charge in [-0.25, -0.2) is 0 Å². The lowest BCUT2D eigenvalue weighted by Crippen LogP contribution is -2.50. The SMILES string of the molecule is CCC(CC)(OC)C(N)Cc1c(Cl)cccc1Cl. The van der Waals surface area contributed by atoms with Crippen LogP contribution in [-0.2, 0) is 11.2 Å². The summed E-state index contributed by atoms with van der Waals surface area (Å²) in [6.45, 7) is 4.17. The standard InChI is InChI=1S/C14H21Cl2NO/c1-4-14(5-2,18-3)13(17)9-10-11(15)7-6-8-12(10)16/h6-8,13H,4-5,9,17H2,1-3H3. The van der Waals surface area contributed by atoms with Gasteiger partial charge < -0.3 is 10.5 Å². The van der Waals surface area contributed by atoms with Crippen molar-refractivity contribution in [2.45, 2.75) is 44.8 Å². The molecule has 102 valence electrons. The molecule has 1 atom stereocenters. The van der Waals surface area contributed by atoms with Crippen molar-refractivity contribution in [2.24, 2.45) is 5.73 Å². The van der Waals surface area contributed by atoms with E-state index in [4.69, 9.17) is 33.7 Å². The predicted molar refractivity (Wildman–Crippen MR) is 78.5 cm³/mol. The van der Waals surface area contributed by atoms with Crippen molar-refractivity contribution in [1.29, 1.82) is 0 Å². The monoisotopic (exact) mass is 289 g/mol. The van der Waals surface area contributed by atoms with Crippen molar-refractivity contribution < 1.29 is 4.74 Å². The van der Waals surface area contributed by atoms with Crippen LogP contribution < -0.4 is 5.73 Å². The lowest BCUT2D eigenvalue weighted by atomic mass is 9.85. The Labute approximate surface area is 119 Å². The van der Waals surface area contributed by atoms with Crippen LogP contribution in [0.1, 0.15) is 32.3 Å². The van der Waals surface area contributed by atoms with Gasteiger partial charge in [0, 0.05) is 23.2 Å². The quantitative estimate of drug-likeness (QED) is 0.857. The number of rotatable bonds is 6. The maximum Gasteiger partial charge on any atom is 0.0826 e. The number of ether oxygens (including phenoxy) is 1. The Morgan fingerprint density at radius 1 is 1.22 bits per heavy atom. The minimum Gasteiger partial charge on any atom is -0.377 e. The Morgan fingerprint density at radius 3 is 2.11 bits per heavy atom. The smallest absolute Gasteiger partial charge is 0.0826 e. The van der Waals surface area contributed by atoms with Gasteiger partial charge in [-0.2, -0.15) is 0 Å². The van der Waals surface area contributed by atoms with Crippen LogP contribution in [0.25, 0.3) is 0 Å². The molecule has 18 heavy (non-hydrogen) atoms. The van der Waals surface area contributed by atoms with E-state index in [2.05, 4.69) is 13.8 Å². The van der Waals surface area contributed by atoms with Crippen LogP contribution in [0.4, 0.5) is 0 Å². The van der Waals surface area contributed by atoms with E-state index in [1.807, 2.05) is 18.2 Å². The van der Waals surface area contributed by atoms with Gasteiger partial charge in [0.25, 0.3) is 0 Å². The molecule has 0 radical (unpaired) electrons. The molecule has 0 amide bonds. The van der Waals surface area contributed by atoms with Crippen molar-refractivity contribution in [3.8, 4) is 0 Å². The molecule has 0 heterocycles. The van der Waals surface area contributed by atoms with Crippen LogP contribution in [0.3, 0.4) is 0 Å². The molecule has 0 saturated carbocycles. The molecular formula is C14H21Cl2NO. The van der Waals surface area contributed by atoms with Crippen LogP contribution in [0.5, 0.6) is 0 Å². The minimum absolute atomic E-state index is 0.130. The second kappa shape index (κ2) is 6.76. The van der Waals surface area contributed by atoms with E-state index in [1.165, 1.54) is 0 Å². The summed E-state index contributed by atoms with van der Waals surface area (Å²) in [5, 5.41) is 1.32. The van der Waals surface area contributed by atoms with Crippen LogP contribution >= 0.6 is 23.2 Å². The first-order chi connectivity index (χ1) is 8.50. The van der Waals surface area contributed by atoms with Crippen LogP contribution in [0.15, 0.2) is 18.2 Å². The summed E-state index contributed by atoms with van der Waals surface area (Å²) in [6.07, 6.45) is 2.35. The van der Waals surface area contributed by atoms with Gasteiger partial charge in [0.1, 0.15) is 0 Å². The second-order valence-corrected chi connectivity index (χ2v) is 5.30. The van der Waals surface area contributed by atoms with Crippen LogP contribution in [-0.4, -0.2) is 18.8 Å². The van der Waals surface area contributed by atoms with Gasteiger partial charge in [-0.05, 0) is 37.0 Å². The van der Waals surface area contributed by atoms with E-state index in [0.717, 1.165) is 18.4 Å². The Balaban J connectivity index is 2.96. The van der Waals surface area contributed by atoms with E-state index >= 15 is 0 Å². The molecule has 0 fully saturated rings. The summed E-state index contributed by atoms with van der Waals surface area (Å²) in [5.41, 5.74) is 6.89. The highest BCUT2D eigenvalue weighted by Crippen LogP contribution is 2.30. The fourth-order valence-electron chi connectivity index (χ4n) is 2.35. The van der Waals surface area contributed by atoms with Crippen LogP contribution in [0.2, 0.25) is 10.0 Å². The number of hydrogen-bond donors (Lipinski definition) is 1. The topological polar surface area (TPSA) is 35.2 Å². The summed E-state index contributed by atoms with van der Waals surface area (Å²) in [5.74, 6) is 0. The van der Waals surface area contributed by atoms with Gasteiger partial charge in [0.05, 0.1) is 5.60 Å². The Morgan fingerprint density at radius 2 is 1.72 bits per heavy atom. The molecular weight excluding hydrogens is 269 g/mol. The molecule has 0 aliphatic heterocycles. The van der Waals surface area contributed by atoms with Gasteiger partial charge in [-0.1, -0.05) is 43.1 Å². The molecule has 0 aliphatic carbocycles. The summed E-state index contributed by atoms with van der Waals surface area (Å²) in [7, 11) is 1.71. The van der Waals surface area contributed by atoms with Crippen LogP contribution in [0, 0.1) is 0 Å². The molecule has 0 aromatic heterocycles. The first-order valence-corrected chi connectivity index (χ1v) is 7.00. The number of nitrogens with two attached hydrogens (primary N) is 1. The summed E-state index contributed by atoms with van der Waals surface area (Å²) in [6, 6.07) is 5.38. The second-order valence-electron chi connectivity index (χ2n) is 4.49. The van der Waals surface area contributed by atoms with Crippen molar-refractivity contribution in [3.63, 3.8) is 0 Å². The van der Waals surface area contributed by atoms with E-state index < -0.39 is 0 Å². The molecule has 1 rings (SSSR count). The van der Waals surface area contributed by atoms with E-state index in [1.54, 1.807) is 7.11 Å². The van der Waals surface area contributed by atoms with Crippen molar-refractivity contribution in [1.82, 2.24) is 0 Å². The third kappa shape index (κ3) is 3.18. The fourth-order valence-corrected chi connectivity index (χ4v) is 2.90. The largest absolute Gasteiger partial charge is 0.377 e. The first-order valence-electron chi connectivity index (χ1n) is 6.24. The molecule has 2 N–H and O–H groups in total. The normalized spacial score (nSPS) is 13.7. The van der Waals surface area contributed by atoms with Gasteiger partial charge >= 0.3 is 0 Å². The maximum atomic E-state index is 6.31. The predicted octanol–water partition coefficient (Wildman–Crippen LogP) is 4.07. The van der Waals surface area contributed by atoms with E-state index in [0.29, 0.717) is 16.5 Å². The number of benzene rings is 1. The van der Waals surface area contributed by atoms with Crippen molar-refractivity contribution >= 4 is 23.2 Å². The Bertz CT molecular complexity index is 363. The highest BCUT2D eigenvalue weighted by atomic mass is 35.5. The van der Waals surface area contributed by atoms with Crippen molar-refractivity contribution in [2.75, 3.05) is 7.11 Å². The van der Waals surface area contributed by atoms with E-state index in [9.17, 15) is 0 Å². The third-order valence-corrected chi connectivity index (χ3v) is 4.47. The molecule has 0 spiro atoms. The Kier molecular flexibility index (Phi) is 5.93. The number of halogens is 2. The van der Waals surface area contributed by atoms with Gasteiger partial charge in [0.15, 0.2) is 0 Å². The van der Waals surface area contributed by atoms with Crippen molar-refractivity contribution in [3.05, 3.63) is 33.8 Å². The maximum absolute atomic E-state index is 6.31. The van der Waals surface area contributed by atoms with E-state index in [-0.39, 0.29) is 11.6 Å². The molecule has 0 bridgehead atoms. The summed E-state index contributed by atoms with van der Waals surface area (Å²) >= 11 is 12.3. The lowest BCUT2D eigenvalue weighted by molar-refractivity contribution is -0.0374. The zero-order chi connectivity index (χ0) is 13.8. The zero-order valence-electron chi connectivity index (χ0n) is 11.2. The fraction of sp³-hybridized carbons (Fsp3) is 0.571. The zero-order valence-corrected chi connectivity index (χ0v) is 12.7. The average molecular weight is 290 g/mol. The number of methoxy groups -OCH3 is 1. The molecule has 1 unspecified atom stereocenters. The molecule has 1 aromatic rings. The highest BCUT2D eigenvalue weighted by Gasteiger charge is 2.33. The van der Waals surface area contributed by atoms with Gasteiger partial charge in [-0.15, -0.1) is 0 Å². The first kappa shape index (κ1) is 15.8. The lowest BCUT2D eigenvalue weighted by Gasteiger charge is -2.36. The molecule has 4 heteroatoms. The molecule has 0 saturated heterocycles. The number of hydrogen-bond acceptors (Lipinski definition) is 2. The average Bonchev–Trinajstić information content (AvgIpc) is 2.37. The minimum atomic E-state index is -0.317.